The van der Waals surface area contributed by atoms with E-state index in [1.165, 1.54) is 6.07 Å². The zero-order chi connectivity index (χ0) is 21.9. The molecule has 0 aromatic heterocycles. The summed E-state index contributed by atoms with van der Waals surface area (Å²) in [6, 6.07) is 2.33. The molecule has 0 spiro atoms. The van der Waals surface area contributed by atoms with Gasteiger partial charge in [-0.2, -0.15) is 13.2 Å². The number of nitrogens with one attached hydrogen (secondary N) is 4. The highest BCUT2D eigenvalue weighted by Gasteiger charge is 2.33. The van der Waals surface area contributed by atoms with Crippen molar-refractivity contribution in [2.24, 2.45) is 0 Å². The Morgan fingerprint density at radius 2 is 1.97 bits per heavy atom. The van der Waals surface area contributed by atoms with Crippen LogP contribution in [0.25, 0.3) is 0 Å². The summed E-state index contributed by atoms with van der Waals surface area (Å²) in [7, 11) is 1.89. The second-order valence-corrected chi connectivity index (χ2v) is 6.76. The van der Waals surface area contributed by atoms with Crippen LogP contribution in [0.5, 0.6) is 0 Å². The Morgan fingerprint density at radius 1 is 1.28 bits per heavy atom. The van der Waals surface area contributed by atoms with E-state index in [0.717, 1.165) is 44.5 Å². The number of benzene rings is 1. The highest BCUT2D eigenvalue weighted by Crippen LogP contribution is 2.36. The average molecular weight is 437 g/mol. The quantitative estimate of drug-likeness (QED) is 0.218. The molecule has 6 nitrogen and oxygen atoms in total. The number of carbonyl (C=O) groups is 1. The largest absolute Gasteiger partial charge is 0.461 e. The van der Waals surface area contributed by atoms with Crippen molar-refractivity contribution in [2.45, 2.75) is 45.0 Å². The maximum atomic E-state index is 12.9. The van der Waals surface area contributed by atoms with E-state index in [9.17, 15) is 18.0 Å². The number of rotatable bonds is 12. The van der Waals surface area contributed by atoms with Crippen LogP contribution in [0.15, 0.2) is 30.7 Å². The van der Waals surface area contributed by atoms with Crippen LogP contribution in [0.1, 0.15) is 38.2 Å². The van der Waals surface area contributed by atoms with E-state index < -0.39 is 22.8 Å². The molecule has 1 atom stereocenters. The van der Waals surface area contributed by atoms with Gasteiger partial charge in [-0.25, -0.2) is 4.79 Å². The number of anilines is 1. The fourth-order valence-electron chi connectivity index (χ4n) is 2.47. The van der Waals surface area contributed by atoms with Gasteiger partial charge in [0.25, 0.3) is 0 Å². The van der Waals surface area contributed by atoms with Gasteiger partial charge in [0.2, 0.25) is 0 Å². The second-order valence-electron chi connectivity index (χ2n) is 6.35. The van der Waals surface area contributed by atoms with E-state index in [4.69, 9.17) is 16.3 Å². The van der Waals surface area contributed by atoms with Gasteiger partial charge in [-0.3, -0.25) is 10.6 Å². The van der Waals surface area contributed by atoms with Gasteiger partial charge < -0.3 is 15.4 Å². The number of amides is 2. The monoisotopic (exact) mass is 436 g/mol. The van der Waals surface area contributed by atoms with Crippen LogP contribution in [-0.2, 0) is 10.9 Å². The Labute approximate surface area is 174 Å². The molecule has 1 unspecified atom stereocenters. The van der Waals surface area contributed by atoms with E-state index in [1.807, 2.05) is 14.0 Å². The molecule has 0 fully saturated rings. The summed E-state index contributed by atoms with van der Waals surface area (Å²) in [4.78, 5) is 12.0. The molecule has 0 aliphatic heterocycles. The summed E-state index contributed by atoms with van der Waals surface area (Å²) in [6.07, 6.45) is -1.40. The summed E-state index contributed by atoms with van der Waals surface area (Å²) in [5.41, 5.74) is -1.09. The van der Waals surface area contributed by atoms with Crippen LogP contribution in [0.4, 0.5) is 23.7 Å². The Hall–Kier alpha value is -1.97. The van der Waals surface area contributed by atoms with Crippen molar-refractivity contribution in [3.8, 4) is 0 Å². The minimum absolute atomic E-state index is 0.00585. The first-order chi connectivity index (χ1) is 13.7. The molecular formula is C19H28ClF3N4O2. The Kier molecular flexibility index (Phi) is 10.9. The van der Waals surface area contributed by atoms with Gasteiger partial charge in [0, 0.05) is 5.69 Å². The molecule has 164 valence electrons. The Morgan fingerprint density at radius 3 is 2.59 bits per heavy atom. The van der Waals surface area contributed by atoms with Crippen molar-refractivity contribution in [1.29, 1.82) is 0 Å². The standard InChI is InChI=1S/C19H28ClF3N4O2/c1-4-7-17(25-11-6-5-10-24-3)29-13(2)26-18(28)27-14-8-9-16(20)15(12-14)19(21,22)23/h8-9,12,17,24-25H,2,4-7,10-11H2,1,3H3,(H2,26,27,28). The number of urea groups is 1. The van der Waals surface area contributed by atoms with Gasteiger partial charge in [0.15, 0.2) is 12.1 Å². The molecule has 0 saturated carbocycles. The molecule has 1 rings (SSSR count). The summed E-state index contributed by atoms with van der Waals surface area (Å²) < 4.78 is 44.3. The Bertz CT molecular complexity index is 671. The van der Waals surface area contributed by atoms with Gasteiger partial charge >= 0.3 is 12.2 Å². The van der Waals surface area contributed by atoms with E-state index in [2.05, 4.69) is 27.8 Å². The predicted molar refractivity (Wildman–Crippen MR) is 109 cm³/mol. The Balaban J connectivity index is 2.54. The third-order valence-electron chi connectivity index (χ3n) is 3.84. The van der Waals surface area contributed by atoms with Crippen LogP contribution in [0.3, 0.4) is 0 Å². The fourth-order valence-corrected chi connectivity index (χ4v) is 2.69. The van der Waals surface area contributed by atoms with E-state index in [-0.39, 0.29) is 17.8 Å². The van der Waals surface area contributed by atoms with Crippen molar-refractivity contribution < 1.29 is 22.7 Å². The van der Waals surface area contributed by atoms with Crippen molar-refractivity contribution in [1.82, 2.24) is 16.0 Å². The molecule has 0 radical (unpaired) electrons. The second kappa shape index (κ2) is 12.6. The first-order valence-corrected chi connectivity index (χ1v) is 9.73. The predicted octanol–water partition coefficient (Wildman–Crippen LogP) is 4.68. The fraction of sp³-hybridized carbons (Fsp3) is 0.526. The molecule has 0 saturated heterocycles. The molecule has 2 amide bonds. The third-order valence-corrected chi connectivity index (χ3v) is 4.17. The lowest BCUT2D eigenvalue weighted by Crippen LogP contribution is -2.37. The summed E-state index contributed by atoms with van der Waals surface area (Å²) in [5, 5.41) is 10.5. The lowest BCUT2D eigenvalue weighted by Gasteiger charge is -2.21. The molecule has 1 aromatic carbocycles. The number of carbonyl (C=O) groups excluding carboxylic acids is 1. The molecule has 29 heavy (non-hydrogen) atoms. The maximum absolute atomic E-state index is 12.9. The molecule has 1 aromatic rings. The number of hydrogen-bond acceptors (Lipinski definition) is 4. The van der Waals surface area contributed by atoms with Crippen molar-refractivity contribution in [2.75, 3.05) is 25.5 Å². The number of hydrogen-bond donors (Lipinski definition) is 4. The van der Waals surface area contributed by atoms with Crippen molar-refractivity contribution in [3.63, 3.8) is 0 Å². The summed E-state index contributed by atoms with van der Waals surface area (Å²) in [6.45, 7) is 7.32. The molecule has 4 N–H and O–H groups in total. The number of unbranched alkanes of at least 4 members (excludes halogenated alkanes) is 1. The zero-order valence-corrected chi connectivity index (χ0v) is 17.3. The van der Waals surface area contributed by atoms with E-state index in [0.29, 0.717) is 6.42 Å². The minimum Gasteiger partial charge on any atom is -0.461 e. The average Bonchev–Trinajstić information content (AvgIpc) is 2.62. The number of alkyl halides is 3. The highest BCUT2D eigenvalue weighted by atomic mass is 35.5. The van der Waals surface area contributed by atoms with E-state index >= 15 is 0 Å². The van der Waals surface area contributed by atoms with Gasteiger partial charge in [-0.15, -0.1) is 0 Å². The molecule has 0 bridgehead atoms. The lowest BCUT2D eigenvalue weighted by molar-refractivity contribution is -0.137. The molecular weight excluding hydrogens is 409 g/mol. The van der Waals surface area contributed by atoms with Gasteiger partial charge in [-0.1, -0.05) is 24.9 Å². The third kappa shape index (κ3) is 9.87. The van der Waals surface area contributed by atoms with Gasteiger partial charge in [0.1, 0.15) is 0 Å². The highest BCUT2D eigenvalue weighted by molar-refractivity contribution is 6.31. The first-order valence-electron chi connectivity index (χ1n) is 9.35. The minimum atomic E-state index is -4.62. The molecule has 10 heteroatoms. The van der Waals surface area contributed by atoms with Crippen LogP contribution >= 0.6 is 11.6 Å². The smallest absolute Gasteiger partial charge is 0.417 e. The SMILES string of the molecule is C=C(NC(=O)Nc1ccc(Cl)c(C(F)(F)F)c1)OC(CCC)NCCCCNC. The van der Waals surface area contributed by atoms with Crippen LogP contribution in [-0.4, -0.2) is 32.4 Å². The maximum Gasteiger partial charge on any atom is 0.417 e. The van der Waals surface area contributed by atoms with Crippen LogP contribution in [0, 0.1) is 0 Å². The lowest BCUT2D eigenvalue weighted by atomic mass is 10.2. The van der Waals surface area contributed by atoms with Crippen LogP contribution in [0.2, 0.25) is 5.02 Å². The topological polar surface area (TPSA) is 74.4 Å². The normalized spacial score (nSPS) is 12.3. The van der Waals surface area contributed by atoms with Crippen LogP contribution < -0.4 is 21.3 Å². The van der Waals surface area contributed by atoms with E-state index in [1.54, 1.807) is 0 Å². The van der Waals surface area contributed by atoms with Crippen molar-refractivity contribution >= 4 is 23.3 Å². The zero-order valence-electron chi connectivity index (χ0n) is 16.6. The summed E-state index contributed by atoms with van der Waals surface area (Å²) >= 11 is 5.57. The summed E-state index contributed by atoms with van der Waals surface area (Å²) in [5.74, 6) is -0.00585. The molecule has 0 aliphatic carbocycles. The molecule has 0 heterocycles. The number of ether oxygens (including phenoxy) is 1. The molecule has 0 aliphatic rings. The van der Waals surface area contributed by atoms with Gasteiger partial charge in [0.05, 0.1) is 10.6 Å². The van der Waals surface area contributed by atoms with Gasteiger partial charge in [-0.05, 0) is 64.2 Å². The number of halogens is 4. The first kappa shape index (κ1) is 25.1. The van der Waals surface area contributed by atoms with Crippen molar-refractivity contribution in [3.05, 3.63) is 41.2 Å².